The van der Waals surface area contributed by atoms with Gasteiger partial charge in [0.25, 0.3) is 5.82 Å². The molecule has 248 valence electrons. The molecule has 1 aromatic heterocycles. The summed E-state index contributed by atoms with van der Waals surface area (Å²) >= 11 is 0. The van der Waals surface area contributed by atoms with E-state index >= 15 is 0 Å². The van der Waals surface area contributed by atoms with Gasteiger partial charge in [0.15, 0.2) is 0 Å². The van der Waals surface area contributed by atoms with Crippen molar-refractivity contribution in [2.75, 3.05) is 0 Å². The summed E-state index contributed by atoms with van der Waals surface area (Å²) in [6.45, 7) is 9.40. The second kappa shape index (κ2) is 31.6. The minimum atomic E-state index is 1.23. The Labute approximate surface area is 266 Å². The molecule has 42 heavy (non-hydrogen) atoms. The summed E-state index contributed by atoms with van der Waals surface area (Å²) in [7, 11) is 0. The van der Waals surface area contributed by atoms with Gasteiger partial charge in [0.1, 0.15) is 12.4 Å². The molecule has 0 unspecified atom stereocenters. The zero-order valence-electron chi connectivity index (χ0n) is 29.6. The van der Waals surface area contributed by atoms with Crippen molar-refractivity contribution >= 4 is 0 Å². The van der Waals surface area contributed by atoms with Crippen LogP contribution in [0, 0.1) is 0 Å². The molecule has 0 N–H and O–H groups in total. The molecule has 2 nitrogen and oxygen atoms in total. The Hall–Kier alpha value is -0.790. The minimum Gasteiger partial charge on any atom is -0.234 e. The first-order valence-electron chi connectivity index (χ1n) is 19.9. The highest BCUT2D eigenvalue weighted by Crippen LogP contribution is 2.15. The van der Waals surface area contributed by atoms with Crippen LogP contribution in [0.4, 0.5) is 0 Å². The standard InChI is InChI=1S/C40H79N2/c1-4-7-10-13-16-19-21-22-25-28-31-34-37-42-39-38-41(36-33-30-27-24-18-15-12-9-6-3)40(42)35-32-29-26-23-20-17-14-11-8-5-2/h38-39H,4-37H2,1-3H3/q+1. The quantitative estimate of drug-likeness (QED) is 0.0560. The van der Waals surface area contributed by atoms with Crippen LogP contribution in [0.3, 0.4) is 0 Å². The van der Waals surface area contributed by atoms with Crippen molar-refractivity contribution in [3.63, 3.8) is 0 Å². The van der Waals surface area contributed by atoms with E-state index in [1.165, 1.54) is 219 Å². The number of hydrogen-bond donors (Lipinski definition) is 0. The third-order valence-electron chi connectivity index (χ3n) is 9.60. The first-order chi connectivity index (χ1) is 20.8. The summed E-state index contributed by atoms with van der Waals surface area (Å²) < 4.78 is 5.27. The smallest absolute Gasteiger partial charge is 0.234 e. The van der Waals surface area contributed by atoms with Crippen LogP contribution in [0.25, 0.3) is 0 Å². The number of hydrogen-bond acceptors (Lipinski definition) is 0. The van der Waals surface area contributed by atoms with Crippen LogP contribution in [0.2, 0.25) is 0 Å². The van der Waals surface area contributed by atoms with E-state index in [0.29, 0.717) is 0 Å². The maximum Gasteiger partial charge on any atom is 0.256 e. The van der Waals surface area contributed by atoms with Gasteiger partial charge in [-0.3, -0.25) is 0 Å². The van der Waals surface area contributed by atoms with Gasteiger partial charge in [0.05, 0.1) is 13.1 Å². The maximum absolute atomic E-state index is 2.64. The summed E-state index contributed by atoms with van der Waals surface area (Å²) in [5.41, 5.74) is 0. The largest absolute Gasteiger partial charge is 0.256 e. The summed E-state index contributed by atoms with van der Waals surface area (Å²) in [6.07, 6.45) is 50.4. The molecule has 0 aliphatic carbocycles. The first kappa shape index (κ1) is 39.2. The van der Waals surface area contributed by atoms with E-state index in [1.54, 1.807) is 5.82 Å². The van der Waals surface area contributed by atoms with Gasteiger partial charge in [-0.25, -0.2) is 9.13 Å². The lowest BCUT2D eigenvalue weighted by Crippen LogP contribution is -2.37. The fourth-order valence-electron chi connectivity index (χ4n) is 6.68. The Morgan fingerprint density at radius 1 is 0.405 bits per heavy atom. The molecule has 2 heteroatoms. The van der Waals surface area contributed by atoms with Crippen molar-refractivity contribution in [3.8, 4) is 0 Å². The lowest BCUT2D eigenvalue weighted by Gasteiger charge is -2.07. The number of nitrogens with zero attached hydrogens (tertiary/aromatic N) is 2. The molecule has 0 saturated carbocycles. The van der Waals surface area contributed by atoms with Crippen LogP contribution < -0.4 is 4.57 Å². The lowest BCUT2D eigenvalue weighted by molar-refractivity contribution is -0.704. The molecule has 0 aromatic carbocycles. The van der Waals surface area contributed by atoms with Gasteiger partial charge in [0.2, 0.25) is 0 Å². The van der Waals surface area contributed by atoms with Crippen LogP contribution in [0.1, 0.15) is 226 Å². The van der Waals surface area contributed by atoms with Gasteiger partial charge >= 0.3 is 0 Å². The van der Waals surface area contributed by atoms with Gasteiger partial charge in [-0.15, -0.1) is 0 Å². The van der Waals surface area contributed by atoms with Gasteiger partial charge in [-0.2, -0.15) is 0 Å². The van der Waals surface area contributed by atoms with Crippen molar-refractivity contribution in [2.24, 2.45) is 0 Å². The fourth-order valence-corrected chi connectivity index (χ4v) is 6.68. The molecule has 0 spiro atoms. The van der Waals surface area contributed by atoms with E-state index in [0.717, 1.165) is 0 Å². The molecule has 0 bridgehead atoms. The highest BCUT2D eigenvalue weighted by molar-refractivity contribution is 4.84. The van der Waals surface area contributed by atoms with E-state index in [2.05, 4.69) is 42.3 Å². The van der Waals surface area contributed by atoms with Crippen molar-refractivity contribution in [2.45, 2.75) is 239 Å². The van der Waals surface area contributed by atoms with Crippen molar-refractivity contribution in [3.05, 3.63) is 18.2 Å². The van der Waals surface area contributed by atoms with Crippen LogP contribution in [0.15, 0.2) is 12.4 Å². The third kappa shape index (κ3) is 23.6. The SMILES string of the molecule is CCCCCCCCCCCCCCn1cc[n+](CCCCCCCCCCC)c1CCCCCCCCCCCC. The van der Waals surface area contributed by atoms with Crippen molar-refractivity contribution in [1.29, 1.82) is 0 Å². The van der Waals surface area contributed by atoms with E-state index < -0.39 is 0 Å². The van der Waals surface area contributed by atoms with Crippen LogP contribution in [-0.4, -0.2) is 4.57 Å². The molecular weight excluding hydrogens is 508 g/mol. The summed E-state index contributed by atoms with van der Waals surface area (Å²) in [4.78, 5) is 0. The molecule has 0 aliphatic heterocycles. The third-order valence-corrected chi connectivity index (χ3v) is 9.60. The monoisotopic (exact) mass is 588 g/mol. The predicted molar refractivity (Wildman–Crippen MR) is 188 cm³/mol. The van der Waals surface area contributed by atoms with Gasteiger partial charge in [-0.1, -0.05) is 188 Å². The molecule has 1 aromatic rings. The van der Waals surface area contributed by atoms with E-state index in [1.807, 2.05) is 0 Å². The fraction of sp³-hybridized carbons (Fsp3) is 0.925. The molecule has 0 atom stereocenters. The highest BCUT2D eigenvalue weighted by Gasteiger charge is 2.16. The number of aryl methyl sites for hydroxylation is 2. The Balaban J connectivity index is 2.31. The van der Waals surface area contributed by atoms with E-state index in [-0.39, 0.29) is 0 Å². The molecule has 0 aliphatic rings. The molecule has 0 saturated heterocycles. The van der Waals surface area contributed by atoms with E-state index in [4.69, 9.17) is 0 Å². The second-order valence-corrected chi connectivity index (χ2v) is 13.8. The molecule has 0 fully saturated rings. The summed E-state index contributed by atoms with van der Waals surface area (Å²) in [5, 5.41) is 0. The molecule has 0 amide bonds. The Morgan fingerprint density at radius 2 is 0.738 bits per heavy atom. The average Bonchev–Trinajstić information content (AvgIpc) is 3.38. The van der Waals surface area contributed by atoms with Crippen LogP contribution in [0.5, 0.6) is 0 Å². The number of imidazole rings is 1. The summed E-state index contributed by atoms with van der Waals surface area (Å²) in [5.74, 6) is 1.62. The molecular formula is C40H79N2+. The van der Waals surface area contributed by atoms with Gasteiger partial charge in [0, 0.05) is 6.42 Å². The topological polar surface area (TPSA) is 8.81 Å². The predicted octanol–water partition coefficient (Wildman–Crippen LogP) is 13.5. The Bertz CT molecular complexity index is 648. The normalized spacial score (nSPS) is 11.6. The average molecular weight is 588 g/mol. The number of unbranched alkanes of at least 4 members (excludes halogenated alkanes) is 28. The number of rotatable bonds is 34. The highest BCUT2D eigenvalue weighted by atomic mass is 15.1. The second-order valence-electron chi connectivity index (χ2n) is 13.8. The van der Waals surface area contributed by atoms with Gasteiger partial charge < -0.3 is 0 Å². The molecule has 0 radical (unpaired) electrons. The van der Waals surface area contributed by atoms with Crippen LogP contribution >= 0.6 is 0 Å². The Morgan fingerprint density at radius 3 is 1.14 bits per heavy atom. The lowest BCUT2D eigenvalue weighted by atomic mass is 10.1. The minimum absolute atomic E-state index is 1.23. The van der Waals surface area contributed by atoms with E-state index in [9.17, 15) is 0 Å². The summed E-state index contributed by atoms with van der Waals surface area (Å²) in [6, 6.07) is 0. The zero-order valence-corrected chi connectivity index (χ0v) is 29.6. The molecule has 1 heterocycles. The first-order valence-corrected chi connectivity index (χ1v) is 19.9. The zero-order chi connectivity index (χ0) is 30.2. The van der Waals surface area contributed by atoms with Crippen LogP contribution in [-0.2, 0) is 19.5 Å². The Kier molecular flexibility index (Phi) is 29.5. The van der Waals surface area contributed by atoms with Crippen molar-refractivity contribution < 1.29 is 4.57 Å². The maximum atomic E-state index is 2.64. The molecule has 1 rings (SSSR count). The number of aromatic nitrogens is 2. The van der Waals surface area contributed by atoms with Gasteiger partial charge in [-0.05, 0) is 32.1 Å². The van der Waals surface area contributed by atoms with Crippen molar-refractivity contribution in [1.82, 2.24) is 4.57 Å².